The Bertz CT molecular complexity index is 1660. The van der Waals surface area contributed by atoms with Crippen molar-refractivity contribution in [2.24, 2.45) is 0 Å². The fourth-order valence-electron chi connectivity index (χ4n) is 5.25. The molecule has 1 aliphatic rings. The summed E-state index contributed by atoms with van der Waals surface area (Å²) in [6.45, 7) is 10.8. The highest BCUT2D eigenvalue weighted by molar-refractivity contribution is 6.51. The number of anilines is 1. The number of carbonyl (C=O) groups excluding carboxylic acids is 2. The van der Waals surface area contributed by atoms with E-state index in [1.165, 1.54) is 12.0 Å². The van der Waals surface area contributed by atoms with Crippen LogP contribution in [-0.2, 0) is 15.0 Å². The zero-order chi connectivity index (χ0) is 30.2. The normalized spacial score (nSPS) is 16.7. The van der Waals surface area contributed by atoms with Crippen LogP contribution >= 0.6 is 0 Å². The standard InChI is InChI=1S/C33H35N3O6/c1-7-41-24-15-14-20(17-21(24)33(3,4)5)29(37)27-28(19-13-16-25(40-6)26(18-19)42-8-2)36(31(39)30(27)38)32-34-22-11-9-10-12-23(22)35-32/h9-18,28,37H,7-8H2,1-6H3,(H,34,35)/b29-27+. The van der Waals surface area contributed by atoms with Crippen molar-refractivity contribution in [2.45, 2.75) is 46.1 Å². The number of rotatable bonds is 8. The van der Waals surface area contributed by atoms with Crippen molar-refractivity contribution in [1.29, 1.82) is 0 Å². The molecule has 9 nitrogen and oxygen atoms in total. The van der Waals surface area contributed by atoms with Gasteiger partial charge in [-0.05, 0) is 67.3 Å². The number of carbonyl (C=O) groups is 2. The molecule has 1 aromatic heterocycles. The number of ether oxygens (including phenoxy) is 3. The third kappa shape index (κ3) is 5.06. The number of aromatic nitrogens is 2. The Hall–Kier alpha value is -4.79. The van der Waals surface area contributed by atoms with Gasteiger partial charge in [-0.3, -0.25) is 14.5 Å². The van der Waals surface area contributed by atoms with Gasteiger partial charge in [0.1, 0.15) is 11.5 Å². The number of H-pyrrole nitrogens is 1. The van der Waals surface area contributed by atoms with Crippen LogP contribution in [0.3, 0.4) is 0 Å². The van der Waals surface area contributed by atoms with E-state index in [0.29, 0.717) is 52.6 Å². The van der Waals surface area contributed by atoms with Crippen molar-refractivity contribution in [3.05, 3.63) is 82.9 Å². The lowest BCUT2D eigenvalue weighted by atomic mass is 9.84. The lowest BCUT2D eigenvalue weighted by Crippen LogP contribution is -2.30. The van der Waals surface area contributed by atoms with Crippen LogP contribution in [0.25, 0.3) is 16.8 Å². The highest BCUT2D eigenvalue weighted by Crippen LogP contribution is 2.44. The summed E-state index contributed by atoms with van der Waals surface area (Å²) < 4.78 is 17.1. The molecular weight excluding hydrogens is 534 g/mol. The lowest BCUT2D eigenvalue weighted by Gasteiger charge is -2.25. The molecule has 9 heteroatoms. The Morgan fingerprint density at radius 1 is 0.952 bits per heavy atom. The number of aromatic amines is 1. The first kappa shape index (κ1) is 28.7. The van der Waals surface area contributed by atoms with E-state index in [-0.39, 0.29) is 22.7 Å². The summed E-state index contributed by atoms with van der Waals surface area (Å²) >= 11 is 0. The Morgan fingerprint density at radius 3 is 2.31 bits per heavy atom. The maximum Gasteiger partial charge on any atom is 0.302 e. The van der Waals surface area contributed by atoms with Gasteiger partial charge >= 0.3 is 5.91 Å². The predicted octanol–water partition coefficient (Wildman–Crippen LogP) is 6.29. The first-order valence-corrected chi connectivity index (χ1v) is 13.9. The minimum atomic E-state index is -1.000. The average Bonchev–Trinajstić information content (AvgIpc) is 3.50. The van der Waals surface area contributed by atoms with Crippen molar-refractivity contribution >= 4 is 34.4 Å². The number of nitrogens with one attached hydrogen (secondary N) is 1. The molecule has 5 rings (SSSR count). The Balaban J connectivity index is 1.75. The van der Waals surface area contributed by atoms with Crippen molar-refractivity contribution in [2.75, 3.05) is 25.2 Å². The average molecular weight is 570 g/mol. The van der Waals surface area contributed by atoms with Crippen LogP contribution in [0.2, 0.25) is 0 Å². The second-order valence-corrected chi connectivity index (χ2v) is 11.0. The van der Waals surface area contributed by atoms with Gasteiger partial charge in [0.2, 0.25) is 5.95 Å². The lowest BCUT2D eigenvalue weighted by molar-refractivity contribution is -0.132. The second kappa shape index (κ2) is 11.2. The highest BCUT2D eigenvalue weighted by atomic mass is 16.5. The topological polar surface area (TPSA) is 114 Å². The van der Waals surface area contributed by atoms with Crippen LogP contribution in [0.15, 0.2) is 66.2 Å². The van der Waals surface area contributed by atoms with E-state index in [0.717, 1.165) is 5.56 Å². The number of methoxy groups -OCH3 is 1. The predicted molar refractivity (Wildman–Crippen MR) is 161 cm³/mol. The molecule has 1 atom stereocenters. The Morgan fingerprint density at radius 2 is 1.64 bits per heavy atom. The van der Waals surface area contributed by atoms with Crippen molar-refractivity contribution in [3.8, 4) is 17.2 Å². The third-order valence-electron chi connectivity index (χ3n) is 7.21. The van der Waals surface area contributed by atoms with Gasteiger partial charge in [-0.25, -0.2) is 4.98 Å². The van der Waals surface area contributed by atoms with E-state index in [4.69, 9.17) is 14.2 Å². The smallest absolute Gasteiger partial charge is 0.302 e. The number of hydrogen-bond donors (Lipinski definition) is 2. The minimum Gasteiger partial charge on any atom is -0.507 e. The summed E-state index contributed by atoms with van der Waals surface area (Å²) in [7, 11) is 1.54. The molecule has 1 aliphatic heterocycles. The highest BCUT2D eigenvalue weighted by Gasteiger charge is 2.48. The Kier molecular flexibility index (Phi) is 7.69. The van der Waals surface area contributed by atoms with Gasteiger partial charge in [-0.1, -0.05) is 39.0 Å². The van der Waals surface area contributed by atoms with E-state index in [1.54, 1.807) is 30.3 Å². The van der Waals surface area contributed by atoms with Gasteiger partial charge in [-0.15, -0.1) is 0 Å². The molecule has 218 valence electrons. The van der Waals surface area contributed by atoms with Gasteiger partial charge in [-0.2, -0.15) is 0 Å². The van der Waals surface area contributed by atoms with Gasteiger partial charge < -0.3 is 24.3 Å². The summed E-state index contributed by atoms with van der Waals surface area (Å²) in [6, 6.07) is 16.8. The molecule has 0 radical (unpaired) electrons. The van der Waals surface area contributed by atoms with Gasteiger partial charge in [0.25, 0.3) is 5.78 Å². The summed E-state index contributed by atoms with van der Waals surface area (Å²) in [5, 5.41) is 11.8. The molecular formula is C33H35N3O6. The minimum absolute atomic E-state index is 0.0582. The van der Waals surface area contributed by atoms with Crippen LogP contribution in [0, 0.1) is 0 Å². The number of benzene rings is 3. The van der Waals surface area contributed by atoms with Gasteiger partial charge in [0.15, 0.2) is 11.5 Å². The maximum atomic E-state index is 13.8. The molecule has 2 N–H and O–H groups in total. The zero-order valence-electron chi connectivity index (χ0n) is 24.6. The largest absolute Gasteiger partial charge is 0.507 e. The van der Waals surface area contributed by atoms with Crippen LogP contribution in [-0.4, -0.2) is 47.1 Å². The van der Waals surface area contributed by atoms with E-state index < -0.39 is 17.7 Å². The molecule has 0 aliphatic carbocycles. The number of imidazole rings is 1. The summed E-state index contributed by atoms with van der Waals surface area (Å²) in [5.41, 5.74) is 2.77. The molecule has 1 amide bonds. The van der Waals surface area contributed by atoms with E-state index in [9.17, 15) is 14.7 Å². The second-order valence-electron chi connectivity index (χ2n) is 11.0. The number of Topliss-reactive ketones (excluding diaryl/α,β-unsaturated/α-hetero) is 1. The number of ketones is 1. The molecule has 0 saturated carbocycles. The molecule has 4 aromatic rings. The zero-order valence-corrected chi connectivity index (χ0v) is 24.6. The summed E-state index contributed by atoms with van der Waals surface area (Å²) in [5.74, 6) is -0.0875. The SMILES string of the molecule is CCOc1cc(C2/C(=C(\O)c3ccc(OCC)c(C(C)(C)C)c3)C(=O)C(=O)N2c2nc3ccccc3[nH]2)ccc1OC. The first-order chi connectivity index (χ1) is 20.1. The number of para-hydroxylation sites is 2. The number of hydrogen-bond acceptors (Lipinski definition) is 7. The monoisotopic (exact) mass is 569 g/mol. The van der Waals surface area contributed by atoms with Gasteiger partial charge in [0, 0.05) is 11.1 Å². The van der Waals surface area contributed by atoms with E-state index in [1.807, 2.05) is 65.0 Å². The third-order valence-corrected chi connectivity index (χ3v) is 7.21. The number of aliphatic hydroxyl groups excluding tert-OH is 1. The van der Waals surface area contributed by atoms with Crippen LogP contribution in [0.5, 0.6) is 17.2 Å². The molecule has 0 spiro atoms. The Labute approximate surface area is 244 Å². The molecule has 42 heavy (non-hydrogen) atoms. The fourth-order valence-corrected chi connectivity index (χ4v) is 5.25. The number of aliphatic hydroxyl groups is 1. The molecule has 1 unspecified atom stereocenters. The molecule has 1 saturated heterocycles. The van der Waals surface area contributed by atoms with E-state index in [2.05, 4.69) is 9.97 Å². The quantitative estimate of drug-likeness (QED) is 0.146. The van der Waals surface area contributed by atoms with Crippen molar-refractivity contribution < 1.29 is 28.9 Å². The maximum absolute atomic E-state index is 13.8. The van der Waals surface area contributed by atoms with Gasteiger partial charge in [0.05, 0.1) is 43.0 Å². The first-order valence-electron chi connectivity index (χ1n) is 13.9. The summed E-state index contributed by atoms with van der Waals surface area (Å²) in [6.07, 6.45) is 0. The van der Waals surface area contributed by atoms with Crippen LogP contribution in [0.4, 0.5) is 5.95 Å². The number of nitrogens with zero attached hydrogens (tertiary/aromatic N) is 2. The molecule has 0 bridgehead atoms. The van der Waals surface area contributed by atoms with Crippen LogP contribution in [0.1, 0.15) is 57.4 Å². The molecule has 1 fully saturated rings. The fraction of sp³-hybridized carbons (Fsp3) is 0.303. The summed E-state index contributed by atoms with van der Waals surface area (Å²) in [4.78, 5) is 36.5. The molecule has 3 aromatic carbocycles. The molecule has 2 heterocycles. The van der Waals surface area contributed by atoms with Crippen LogP contribution < -0.4 is 19.1 Å². The number of fused-ring (bicyclic) bond motifs is 1. The van der Waals surface area contributed by atoms with Crippen molar-refractivity contribution in [3.63, 3.8) is 0 Å². The van der Waals surface area contributed by atoms with Crippen molar-refractivity contribution in [1.82, 2.24) is 9.97 Å². The van der Waals surface area contributed by atoms with E-state index >= 15 is 0 Å². The number of amides is 1.